The molecule has 1 unspecified atom stereocenters. The first kappa shape index (κ1) is 13.7. The van der Waals surface area contributed by atoms with E-state index in [-0.39, 0.29) is 18.0 Å². The zero-order chi connectivity index (χ0) is 12.0. The second-order valence-electron chi connectivity index (χ2n) is 3.76. The summed E-state index contributed by atoms with van der Waals surface area (Å²) in [5, 5.41) is 7.71. The van der Waals surface area contributed by atoms with Crippen molar-refractivity contribution < 1.29 is 0 Å². The van der Waals surface area contributed by atoms with Crippen LogP contribution in [0.5, 0.6) is 0 Å². The van der Waals surface area contributed by atoms with Gasteiger partial charge in [-0.3, -0.25) is 5.41 Å². The number of nitrogens with zero attached hydrogens (tertiary/aromatic N) is 3. The van der Waals surface area contributed by atoms with Gasteiger partial charge in [0.25, 0.3) is 0 Å². The first-order valence-corrected chi connectivity index (χ1v) is 4.98. The Hall–Kier alpha value is -1.30. The van der Waals surface area contributed by atoms with Gasteiger partial charge in [0.05, 0.1) is 0 Å². The molecule has 0 rings (SSSR count). The first-order valence-electron chi connectivity index (χ1n) is 4.98. The molecule has 0 fully saturated rings. The third kappa shape index (κ3) is 5.21. The van der Waals surface area contributed by atoms with Crippen LogP contribution in [-0.4, -0.2) is 54.9 Å². The van der Waals surface area contributed by atoms with Gasteiger partial charge in [0.1, 0.15) is 0 Å². The molecule has 5 N–H and O–H groups in total. The van der Waals surface area contributed by atoms with E-state index in [1.807, 2.05) is 32.8 Å². The maximum atomic E-state index is 7.71. The first-order chi connectivity index (χ1) is 6.88. The quantitative estimate of drug-likeness (QED) is 0.433. The molecule has 0 spiro atoms. The van der Waals surface area contributed by atoms with Crippen molar-refractivity contribution in [2.45, 2.75) is 19.9 Å². The maximum Gasteiger partial charge on any atom is 0.221 e. The topological polar surface area (TPSA) is 94.7 Å². The summed E-state index contributed by atoms with van der Waals surface area (Å²) in [4.78, 5) is 7.65. The minimum atomic E-state index is -0.0736. The fourth-order valence-electron chi connectivity index (χ4n) is 1.48. The monoisotopic (exact) mass is 214 g/mol. The zero-order valence-electron chi connectivity index (χ0n) is 9.99. The number of hydrogen-bond acceptors (Lipinski definition) is 2. The Bertz CT molecular complexity index is 231. The molecule has 0 saturated carbocycles. The average Bonchev–Trinajstić information content (AvgIpc) is 2.01. The predicted octanol–water partition coefficient (Wildman–Crippen LogP) is -0.533. The lowest BCUT2D eigenvalue weighted by atomic mass is 10.3. The molecule has 0 radical (unpaired) electrons. The largest absolute Gasteiger partial charge is 0.370 e. The highest BCUT2D eigenvalue weighted by Crippen LogP contribution is 2.01. The van der Waals surface area contributed by atoms with E-state index in [2.05, 4.69) is 9.89 Å². The molecule has 6 nitrogen and oxygen atoms in total. The Morgan fingerprint density at radius 2 is 1.93 bits per heavy atom. The van der Waals surface area contributed by atoms with Crippen molar-refractivity contribution in [2.75, 3.05) is 27.2 Å². The van der Waals surface area contributed by atoms with Crippen LogP contribution < -0.4 is 11.5 Å². The molecule has 0 aliphatic heterocycles. The smallest absolute Gasteiger partial charge is 0.221 e. The van der Waals surface area contributed by atoms with Gasteiger partial charge in [-0.15, -0.1) is 0 Å². The molecule has 88 valence electrons. The summed E-state index contributed by atoms with van der Waals surface area (Å²) in [7, 11) is 3.99. The van der Waals surface area contributed by atoms with Crippen molar-refractivity contribution >= 4 is 11.9 Å². The third-order valence-corrected chi connectivity index (χ3v) is 2.01. The molecule has 15 heavy (non-hydrogen) atoms. The molecule has 0 aliphatic rings. The minimum absolute atomic E-state index is 0.0736. The van der Waals surface area contributed by atoms with Gasteiger partial charge in [-0.05, 0) is 27.9 Å². The summed E-state index contributed by atoms with van der Waals surface area (Å²) in [6.07, 6.45) is 0. The molecule has 0 amide bonds. The normalized spacial score (nSPS) is 12.3. The summed E-state index contributed by atoms with van der Waals surface area (Å²) in [6, 6.07) is 0.209. The number of nitrogens with two attached hydrogens (primary N) is 2. The van der Waals surface area contributed by atoms with Crippen molar-refractivity contribution in [2.24, 2.45) is 16.5 Å². The Kier molecular flexibility index (Phi) is 5.69. The van der Waals surface area contributed by atoms with Crippen molar-refractivity contribution in [3.63, 3.8) is 0 Å². The van der Waals surface area contributed by atoms with E-state index in [0.29, 0.717) is 6.54 Å². The Labute approximate surface area is 91.4 Å². The summed E-state index contributed by atoms with van der Waals surface area (Å²) >= 11 is 0. The van der Waals surface area contributed by atoms with E-state index in [4.69, 9.17) is 16.9 Å². The van der Waals surface area contributed by atoms with Crippen LogP contribution >= 0.6 is 0 Å². The minimum Gasteiger partial charge on any atom is -0.370 e. The van der Waals surface area contributed by atoms with Gasteiger partial charge in [-0.25, -0.2) is 0 Å². The fourth-order valence-corrected chi connectivity index (χ4v) is 1.48. The number of aliphatic imine (C=N–C) groups is 1. The van der Waals surface area contributed by atoms with Crippen LogP contribution in [0.15, 0.2) is 4.99 Å². The van der Waals surface area contributed by atoms with E-state index in [0.717, 1.165) is 6.54 Å². The number of hydrogen-bond donors (Lipinski definition) is 3. The van der Waals surface area contributed by atoms with E-state index in [9.17, 15) is 0 Å². The predicted molar refractivity (Wildman–Crippen MR) is 63.9 cm³/mol. The zero-order valence-corrected chi connectivity index (χ0v) is 9.99. The molecule has 0 saturated heterocycles. The average molecular weight is 214 g/mol. The summed E-state index contributed by atoms with van der Waals surface area (Å²) < 4.78 is 0. The van der Waals surface area contributed by atoms with Gasteiger partial charge in [0, 0.05) is 19.1 Å². The molecular weight excluding hydrogens is 192 g/mol. The standard InChI is InChI=1S/C9H22N6/c1-5-15(7(2)6-14(3)4)9(12)13-8(10)11/h7H,5-6H2,1-4H3,(H5,10,11,12,13). The van der Waals surface area contributed by atoms with Gasteiger partial charge < -0.3 is 21.3 Å². The SMILES string of the molecule is CCN(C(=N)N=C(N)N)C(C)CN(C)C. The van der Waals surface area contributed by atoms with Gasteiger partial charge >= 0.3 is 0 Å². The van der Waals surface area contributed by atoms with Gasteiger partial charge in [-0.2, -0.15) is 4.99 Å². The van der Waals surface area contributed by atoms with Gasteiger partial charge in [-0.1, -0.05) is 0 Å². The second-order valence-corrected chi connectivity index (χ2v) is 3.76. The number of guanidine groups is 2. The number of likely N-dealkylation sites (N-methyl/N-ethyl adjacent to an activating group) is 2. The molecule has 0 aromatic heterocycles. The molecule has 0 aromatic rings. The van der Waals surface area contributed by atoms with Crippen LogP contribution in [-0.2, 0) is 0 Å². The van der Waals surface area contributed by atoms with Crippen LogP contribution in [0.25, 0.3) is 0 Å². The Balaban J connectivity index is 4.47. The van der Waals surface area contributed by atoms with E-state index >= 15 is 0 Å². The molecule has 0 aliphatic carbocycles. The highest BCUT2D eigenvalue weighted by molar-refractivity contribution is 5.91. The molecule has 6 heteroatoms. The molecule has 1 atom stereocenters. The van der Waals surface area contributed by atoms with Crippen molar-refractivity contribution in [1.82, 2.24) is 9.80 Å². The molecule has 0 heterocycles. The highest BCUT2D eigenvalue weighted by atomic mass is 15.3. The molecule has 0 bridgehead atoms. The van der Waals surface area contributed by atoms with Crippen LogP contribution in [0.2, 0.25) is 0 Å². The third-order valence-electron chi connectivity index (χ3n) is 2.01. The fraction of sp³-hybridized carbons (Fsp3) is 0.778. The summed E-state index contributed by atoms with van der Waals surface area (Å²) in [5.41, 5.74) is 10.5. The van der Waals surface area contributed by atoms with Gasteiger partial charge in [0.15, 0.2) is 5.96 Å². The van der Waals surface area contributed by atoms with Crippen LogP contribution in [0.1, 0.15) is 13.8 Å². The Morgan fingerprint density at radius 3 is 2.27 bits per heavy atom. The Morgan fingerprint density at radius 1 is 1.40 bits per heavy atom. The molecule has 0 aromatic carbocycles. The van der Waals surface area contributed by atoms with Crippen LogP contribution in [0.4, 0.5) is 0 Å². The molecular formula is C9H22N6. The maximum absolute atomic E-state index is 7.71. The second kappa shape index (κ2) is 6.23. The highest BCUT2D eigenvalue weighted by Gasteiger charge is 2.15. The number of rotatable bonds is 4. The summed E-state index contributed by atoms with van der Waals surface area (Å²) in [6.45, 7) is 5.59. The van der Waals surface area contributed by atoms with Crippen LogP contribution in [0.3, 0.4) is 0 Å². The van der Waals surface area contributed by atoms with E-state index in [1.54, 1.807) is 0 Å². The van der Waals surface area contributed by atoms with E-state index < -0.39 is 0 Å². The number of nitrogens with one attached hydrogen (secondary N) is 1. The lowest BCUT2D eigenvalue weighted by Crippen LogP contribution is -2.43. The van der Waals surface area contributed by atoms with Crippen molar-refractivity contribution in [1.29, 1.82) is 5.41 Å². The van der Waals surface area contributed by atoms with Crippen molar-refractivity contribution in [3.05, 3.63) is 0 Å². The van der Waals surface area contributed by atoms with Crippen molar-refractivity contribution in [3.8, 4) is 0 Å². The van der Waals surface area contributed by atoms with Gasteiger partial charge in [0.2, 0.25) is 5.96 Å². The lowest BCUT2D eigenvalue weighted by Gasteiger charge is -2.30. The summed E-state index contributed by atoms with van der Waals surface area (Å²) in [5.74, 6) is 0.0438. The van der Waals surface area contributed by atoms with E-state index in [1.165, 1.54) is 0 Å². The lowest BCUT2D eigenvalue weighted by molar-refractivity contribution is 0.261. The van der Waals surface area contributed by atoms with Crippen LogP contribution in [0, 0.1) is 5.41 Å².